The van der Waals surface area contributed by atoms with Crippen molar-refractivity contribution in [2.75, 3.05) is 13.1 Å². The first-order valence-corrected chi connectivity index (χ1v) is 6.85. The Labute approximate surface area is 99.6 Å². The van der Waals surface area contributed by atoms with Gasteiger partial charge in [0.05, 0.1) is 0 Å². The van der Waals surface area contributed by atoms with Crippen LogP contribution in [0.25, 0.3) is 0 Å². The largest absolute Gasteiger partial charge is 0.310 e. The second-order valence-corrected chi connectivity index (χ2v) is 7.42. The van der Waals surface area contributed by atoms with Crippen LogP contribution < -0.4 is 10.6 Å². The maximum Gasteiger partial charge on any atom is 0.0273 e. The molecule has 1 aliphatic carbocycles. The molecule has 2 aliphatic heterocycles. The summed E-state index contributed by atoms with van der Waals surface area (Å²) in [5.74, 6) is 0.873. The van der Waals surface area contributed by atoms with Crippen molar-refractivity contribution < 1.29 is 0 Å². The standard InChI is InChI=1S/C14H26N2/c1-6-13(5)11(12(2,3)4)14(13)9-7-15-10(14)8-16-9/h9-11,15-16H,6-8H2,1-5H3/t9-,10-,11?,13-/m1/s1. The fraction of sp³-hybridized carbons (Fsp3) is 1.00. The molecule has 1 spiro atoms. The van der Waals surface area contributed by atoms with Gasteiger partial charge >= 0.3 is 0 Å². The van der Waals surface area contributed by atoms with Crippen LogP contribution in [0.5, 0.6) is 0 Å². The summed E-state index contributed by atoms with van der Waals surface area (Å²) in [5.41, 5.74) is 1.55. The van der Waals surface area contributed by atoms with E-state index >= 15 is 0 Å². The molecule has 2 N–H and O–H groups in total. The molecule has 0 aromatic rings. The Hall–Kier alpha value is -0.0800. The fourth-order valence-electron chi connectivity index (χ4n) is 5.70. The molecule has 1 saturated carbocycles. The van der Waals surface area contributed by atoms with E-state index in [9.17, 15) is 0 Å². The van der Waals surface area contributed by atoms with E-state index in [1.54, 1.807) is 0 Å². The molecule has 0 amide bonds. The molecule has 3 aliphatic rings. The van der Waals surface area contributed by atoms with E-state index in [4.69, 9.17) is 0 Å². The van der Waals surface area contributed by atoms with Crippen molar-refractivity contribution in [1.29, 1.82) is 0 Å². The summed E-state index contributed by atoms with van der Waals surface area (Å²) in [6.07, 6.45) is 1.32. The van der Waals surface area contributed by atoms with Crippen LogP contribution in [0.2, 0.25) is 0 Å². The molecule has 2 saturated heterocycles. The SMILES string of the molecule is CC[C@]1(C)C(C(C)(C)C)C12[C@H]1CN[C@@H]2CN1. The Morgan fingerprint density at radius 3 is 1.88 bits per heavy atom. The van der Waals surface area contributed by atoms with Crippen LogP contribution in [0.3, 0.4) is 0 Å². The molecular weight excluding hydrogens is 196 g/mol. The van der Waals surface area contributed by atoms with Crippen LogP contribution in [0, 0.1) is 22.2 Å². The molecule has 2 bridgehead atoms. The van der Waals surface area contributed by atoms with Gasteiger partial charge in [-0.05, 0) is 23.2 Å². The van der Waals surface area contributed by atoms with Gasteiger partial charge in [0, 0.05) is 30.6 Å². The Bertz CT molecular complexity index is 297. The highest BCUT2D eigenvalue weighted by Gasteiger charge is 2.83. The Morgan fingerprint density at radius 2 is 1.62 bits per heavy atom. The number of piperazine rings is 1. The van der Waals surface area contributed by atoms with Gasteiger partial charge < -0.3 is 10.6 Å². The molecule has 0 aromatic carbocycles. The van der Waals surface area contributed by atoms with Crippen molar-refractivity contribution in [3.63, 3.8) is 0 Å². The highest BCUT2D eigenvalue weighted by Crippen LogP contribution is 2.80. The smallest absolute Gasteiger partial charge is 0.0273 e. The topological polar surface area (TPSA) is 24.1 Å². The van der Waals surface area contributed by atoms with Crippen LogP contribution in [0.15, 0.2) is 0 Å². The van der Waals surface area contributed by atoms with Gasteiger partial charge in [0.25, 0.3) is 0 Å². The fourth-order valence-corrected chi connectivity index (χ4v) is 5.70. The second kappa shape index (κ2) is 2.84. The minimum absolute atomic E-state index is 0.444. The number of hydrogen-bond donors (Lipinski definition) is 2. The summed E-state index contributed by atoms with van der Waals surface area (Å²) < 4.78 is 0. The van der Waals surface area contributed by atoms with Gasteiger partial charge in [-0.3, -0.25) is 0 Å². The van der Waals surface area contributed by atoms with Crippen LogP contribution in [0.1, 0.15) is 41.0 Å². The normalized spacial score (nSPS) is 54.9. The van der Waals surface area contributed by atoms with E-state index in [1.165, 1.54) is 19.5 Å². The highest BCUT2D eigenvalue weighted by molar-refractivity contribution is 5.35. The van der Waals surface area contributed by atoms with E-state index in [1.807, 2.05) is 0 Å². The number of hydrogen-bond acceptors (Lipinski definition) is 2. The van der Waals surface area contributed by atoms with E-state index in [-0.39, 0.29) is 0 Å². The predicted octanol–water partition coefficient (Wildman–Crippen LogP) is 2.01. The third-order valence-electron chi connectivity index (χ3n) is 5.91. The molecule has 4 atom stereocenters. The van der Waals surface area contributed by atoms with Crippen molar-refractivity contribution in [3.8, 4) is 0 Å². The first-order chi connectivity index (χ1) is 7.39. The van der Waals surface area contributed by atoms with Gasteiger partial charge in [0.15, 0.2) is 0 Å². The summed E-state index contributed by atoms with van der Waals surface area (Å²) in [6, 6.07) is 1.46. The third kappa shape index (κ3) is 0.932. The summed E-state index contributed by atoms with van der Waals surface area (Å²) >= 11 is 0. The average Bonchev–Trinajstić information content (AvgIpc) is 2.47. The lowest BCUT2D eigenvalue weighted by molar-refractivity contribution is 0.268. The molecule has 92 valence electrons. The Morgan fingerprint density at radius 1 is 1.12 bits per heavy atom. The van der Waals surface area contributed by atoms with Crippen molar-refractivity contribution >= 4 is 0 Å². The van der Waals surface area contributed by atoms with Crippen LogP contribution in [0.4, 0.5) is 0 Å². The van der Waals surface area contributed by atoms with Gasteiger partial charge in [0.2, 0.25) is 0 Å². The van der Waals surface area contributed by atoms with Gasteiger partial charge in [0.1, 0.15) is 0 Å². The zero-order valence-corrected chi connectivity index (χ0v) is 11.4. The van der Waals surface area contributed by atoms with E-state index in [0.717, 1.165) is 18.0 Å². The van der Waals surface area contributed by atoms with E-state index in [0.29, 0.717) is 16.2 Å². The highest BCUT2D eigenvalue weighted by atomic mass is 15.2. The minimum atomic E-state index is 0.444. The minimum Gasteiger partial charge on any atom is -0.310 e. The van der Waals surface area contributed by atoms with E-state index < -0.39 is 0 Å². The van der Waals surface area contributed by atoms with Gasteiger partial charge in [-0.2, -0.15) is 0 Å². The summed E-state index contributed by atoms with van der Waals surface area (Å²) in [6.45, 7) is 14.6. The molecule has 2 heterocycles. The maximum absolute atomic E-state index is 3.74. The van der Waals surface area contributed by atoms with Crippen molar-refractivity contribution in [2.45, 2.75) is 53.1 Å². The third-order valence-corrected chi connectivity index (χ3v) is 5.91. The second-order valence-electron chi connectivity index (χ2n) is 7.42. The van der Waals surface area contributed by atoms with Gasteiger partial charge in [-0.15, -0.1) is 0 Å². The molecule has 3 fully saturated rings. The molecular formula is C14H26N2. The van der Waals surface area contributed by atoms with Crippen LogP contribution in [-0.4, -0.2) is 25.2 Å². The van der Waals surface area contributed by atoms with Crippen LogP contribution >= 0.6 is 0 Å². The number of rotatable bonds is 1. The molecule has 2 nitrogen and oxygen atoms in total. The average molecular weight is 222 g/mol. The first kappa shape index (κ1) is 11.0. The quantitative estimate of drug-likeness (QED) is 0.709. The molecule has 0 aromatic heterocycles. The lowest BCUT2D eigenvalue weighted by atomic mass is 9.81. The van der Waals surface area contributed by atoms with Gasteiger partial charge in [-0.1, -0.05) is 34.6 Å². The first-order valence-electron chi connectivity index (χ1n) is 6.85. The molecule has 16 heavy (non-hydrogen) atoms. The number of nitrogens with one attached hydrogen (secondary N) is 2. The zero-order valence-electron chi connectivity index (χ0n) is 11.4. The van der Waals surface area contributed by atoms with Crippen molar-refractivity contribution in [3.05, 3.63) is 0 Å². The van der Waals surface area contributed by atoms with Crippen molar-refractivity contribution in [1.82, 2.24) is 10.6 Å². The summed E-state index contributed by atoms with van der Waals surface area (Å²) in [5, 5.41) is 7.48. The Balaban J connectivity index is 2.03. The van der Waals surface area contributed by atoms with Crippen molar-refractivity contribution in [2.24, 2.45) is 22.2 Å². The predicted molar refractivity (Wildman–Crippen MR) is 67.4 cm³/mol. The lowest BCUT2D eigenvalue weighted by Gasteiger charge is -2.23. The van der Waals surface area contributed by atoms with E-state index in [2.05, 4.69) is 45.3 Å². The molecule has 1 unspecified atom stereocenters. The molecule has 3 rings (SSSR count). The summed E-state index contributed by atoms with van der Waals surface area (Å²) in [4.78, 5) is 0. The lowest BCUT2D eigenvalue weighted by Crippen LogP contribution is -2.39. The maximum atomic E-state index is 3.74. The monoisotopic (exact) mass is 222 g/mol. The molecule has 2 heteroatoms. The Kier molecular flexibility index (Phi) is 1.96. The molecule has 0 radical (unpaired) electrons. The van der Waals surface area contributed by atoms with Gasteiger partial charge in [-0.25, -0.2) is 0 Å². The zero-order chi connectivity index (χ0) is 11.8. The van der Waals surface area contributed by atoms with Crippen LogP contribution in [-0.2, 0) is 0 Å². The summed E-state index contributed by atoms with van der Waals surface area (Å²) in [7, 11) is 0.